The van der Waals surface area contributed by atoms with E-state index in [1.807, 2.05) is 6.07 Å². The fraction of sp³-hybridized carbons (Fsp3) is 0.294. The smallest absolute Gasteiger partial charge is 0.0625 e. The molecule has 0 saturated heterocycles. The average Bonchev–Trinajstić information content (AvgIpc) is 2.41. The van der Waals surface area contributed by atoms with Crippen LogP contribution in [0.5, 0.6) is 0 Å². The Hall–Kier alpha value is -1.27. The predicted molar refractivity (Wildman–Crippen MR) is 79.2 cm³/mol. The monoisotopic (exact) mass is 258 g/mol. The van der Waals surface area contributed by atoms with Crippen molar-refractivity contribution in [3.8, 4) is 0 Å². The fourth-order valence-corrected chi connectivity index (χ4v) is 2.44. The Morgan fingerprint density at radius 3 is 2.17 bits per heavy atom. The molecule has 2 aromatic carbocycles. The zero-order valence-corrected chi connectivity index (χ0v) is 11.5. The topological polar surface area (TPSA) is 0 Å². The van der Waals surface area contributed by atoms with Gasteiger partial charge < -0.3 is 0 Å². The lowest BCUT2D eigenvalue weighted by Gasteiger charge is -2.10. The number of hydrogen-bond donors (Lipinski definition) is 0. The van der Waals surface area contributed by atoms with Crippen molar-refractivity contribution < 1.29 is 0 Å². The first kappa shape index (κ1) is 13.2. The molecule has 94 valence electrons. The lowest BCUT2D eigenvalue weighted by atomic mass is 10.0. The van der Waals surface area contributed by atoms with Crippen molar-refractivity contribution >= 4 is 11.6 Å². The minimum absolute atomic E-state index is 0.0584. The van der Waals surface area contributed by atoms with E-state index in [0.717, 1.165) is 12.8 Å². The molecule has 18 heavy (non-hydrogen) atoms. The van der Waals surface area contributed by atoms with E-state index in [4.69, 9.17) is 11.6 Å². The molecule has 0 bridgehead atoms. The molecule has 0 N–H and O–H groups in total. The average molecular weight is 259 g/mol. The van der Waals surface area contributed by atoms with Crippen LogP contribution in [0.4, 0.5) is 0 Å². The Morgan fingerprint density at radius 1 is 0.889 bits per heavy atom. The van der Waals surface area contributed by atoms with Crippen LogP contribution in [0.15, 0.2) is 54.6 Å². The van der Waals surface area contributed by atoms with E-state index >= 15 is 0 Å². The summed E-state index contributed by atoms with van der Waals surface area (Å²) in [4.78, 5) is 0. The highest BCUT2D eigenvalue weighted by Crippen LogP contribution is 2.25. The van der Waals surface area contributed by atoms with Crippen molar-refractivity contribution in [1.29, 1.82) is 0 Å². The van der Waals surface area contributed by atoms with Gasteiger partial charge in [-0.25, -0.2) is 0 Å². The van der Waals surface area contributed by atoms with E-state index in [1.165, 1.54) is 23.1 Å². The Balaban J connectivity index is 2.02. The first-order valence-corrected chi connectivity index (χ1v) is 7.00. The number of benzene rings is 2. The molecule has 0 amide bonds. The summed E-state index contributed by atoms with van der Waals surface area (Å²) in [7, 11) is 0. The van der Waals surface area contributed by atoms with Crippen LogP contribution in [-0.4, -0.2) is 0 Å². The van der Waals surface area contributed by atoms with Crippen LogP contribution < -0.4 is 0 Å². The second-order valence-corrected chi connectivity index (χ2v) is 5.18. The molecular formula is C17H19Cl. The number of aryl methyl sites for hydroxylation is 1. The molecule has 1 atom stereocenters. The Bertz CT molecular complexity index is 459. The van der Waals surface area contributed by atoms with E-state index in [-0.39, 0.29) is 5.38 Å². The summed E-state index contributed by atoms with van der Waals surface area (Å²) in [6.45, 7) is 2.20. The highest BCUT2D eigenvalue weighted by Gasteiger charge is 2.08. The Kier molecular flexibility index (Phi) is 4.83. The lowest BCUT2D eigenvalue weighted by Crippen LogP contribution is -1.96. The van der Waals surface area contributed by atoms with Gasteiger partial charge in [0.2, 0.25) is 0 Å². The largest absolute Gasteiger partial charge is 0.117 e. The molecule has 1 heteroatoms. The minimum atomic E-state index is 0.0584. The van der Waals surface area contributed by atoms with Crippen LogP contribution in [-0.2, 0) is 12.8 Å². The second kappa shape index (κ2) is 6.61. The van der Waals surface area contributed by atoms with E-state index in [1.54, 1.807) is 0 Å². The Labute approximate surface area is 115 Å². The number of halogens is 1. The first-order valence-electron chi connectivity index (χ1n) is 6.56. The van der Waals surface area contributed by atoms with E-state index in [9.17, 15) is 0 Å². The van der Waals surface area contributed by atoms with Gasteiger partial charge in [-0.3, -0.25) is 0 Å². The second-order valence-electron chi connectivity index (χ2n) is 4.65. The zero-order chi connectivity index (χ0) is 12.8. The Morgan fingerprint density at radius 2 is 1.56 bits per heavy atom. The van der Waals surface area contributed by atoms with Gasteiger partial charge in [0.25, 0.3) is 0 Å². The van der Waals surface area contributed by atoms with Gasteiger partial charge in [0, 0.05) is 0 Å². The molecule has 0 radical (unpaired) electrons. The molecule has 0 nitrogen and oxygen atoms in total. The summed E-state index contributed by atoms with van der Waals surface area (Å²) < 4.78 is 0. The molecule has 1 unspecified atom stereocenters. The summed E-state index contributed by atoms with van der Waals surface area (Å²) in [6, 6.07) is 19.1. The van der Waals surface area contributed by atoms with Crippen LogP contribution in [0, 0.1) is 0 Å². The predicted octanol–water partition coefficient (Wildman–Crippen LogP) is 5.16. The molecule has 0 aliphatic heterocycles. The van der Waals surface area contributed by atoms with Gasteiger partial charge in [0.15, 0.2) is 0 Å². The standard InChI is InChI=1S/C17H19Cl/c1-2-6-14-9-11-16(12-10-14)17(18)13-15-7-4-3-5-8-15/h3-5,7-12,17H,2,6,13H2,1H3. The van der Waals surface area contributed by atoms with Crippen molar-refractivity contribution in [2.45, 2.75) is 31.6 Å². The van der Waals surface area contributed by atoms with Crippen molar-refractivity contribution in [3.05, 3.63) is 71.3 Å². The van der Waals surface area contributed by atoms with Gasteiger partial charge >= 0.3 is 0 Å². The fourth-order valence-electron chi connectivity index (χ4n) is 2.12. The van der Waals surface area contributed by atoms with Gasteiger partial charge in [0.1, 0.15) is 0 Å². The van der Waals surface area contributed by atoms with Gasteiger partial charge in [-0.05, 0) is 29.5 Å². The maximum atomic E-state index is 6.47. The summed E-state index contributed by atoms with van der Waals surface area (Å²) in [5.41, 5.74) is 3.89. The van der Waals surface area contributed by atoms with Gasteiger partial charge in [-0.2, -0.15) is 0 Å². The van der Waals surface area contributed by atoms with E-state index < -0.39 is 0 Å². The van der Waals surface area contributed by atoms with Crippen LogP contribution in [0.3, 0.4) is 0 Å². The number of alkyl halides is 1. The van der Waals surface area contributed by atoms with Crippen LogP contribution in [0.2, 0.25) is 0 Å². The zero-order valence-electron chi connectivity index (χ0n) is 10.8. The van der Waals surface area contributed by atoms with Crippen LogP contribution >= 0.6 is 11.6 Å². The third kappa shape index (κ3) is 3.61. The summed E-state index contributed by atoms with van der Waals surface area (Å²) >= 11 is 6.47. The summed E-state index contributed by atoms with van der Waals surface area (Å²) in [5.74, 6) is 0. The summed E-state index contributed by atoms with van der Waals surface area (Å²) in [6.07, 6.45) is 3.22. The maximum absolute atomic E-state index is 6.47. The molecule has 2 rings (SSSR count). The molecule has 0 spiro atoms. The molecule has 0 fully saturated rings. The normalized spacial score (nSPS) is 12.3. The molecular weight excluding hydrogens is 240 g/mol. The van der Waals surface area contributed by atoms with Crippen molar-refractivity contribution in [1.82, 2.24) is 0 Å². The first-order chi connectivity index (χ1) is 8.79. The van der Waals surface area contributed by atoms with Crippen molar-refractivity contribution in [3.63, 3.8) is 0 Å². The quantitative estimate of drug-likeness (QED) is 0.650. The summed E-state index contributed by atoms with van der Waals surface area (Å²) in [5, 5.41) is 0.0584. The van der Waals surface area contributed by atoms with Gasteiger partial charge in [-0.1, -0.05) is 67.9 Å². The third-order valence-corrected chi connectivity index (χ3v) is 3.54. The van der Waals surface area contributed by atoms with Crippen LogP contribution in [0.1, 0.15) is 35.4 Å². The molecule has 2 aromatic rings. The highest BCUT2D eigenvalue weighted by atomic mass is 35.5. The molecule has 0 saturated carbocycles. The SMILES string of the molecule is CCCc1ccc(C(Cl)Cc2ccccc2)cc1. The molecule has 0 aliphatic rings. The van der Waals surface area contributed by atoms with Gasteiger partial charge in [0.05, 0.1) is 5.38 Å². The highest BCUT2D eigenvalue weighted by molar-refractivity contribution is 6.20. The minimum Gasteiger partial charge on any atom is -0.117 e. The number of rotatable bonds is 5. The molecule has 0 aromatic heterocycles. The van der Waals surface area contributed by atoms with E-state index in [0.29, 0.717) is 0 Å². The van der Waals surface area contributed by atoms with Gasteiger partial charge in [-0.15, -0.1) is 11.6 Å². The maximum Gasteiger partial charge on any atom is 0.0625 e. The third-order valence-electron chi connectivity index (χ3n) is 3.14. The van der Waals surface area contributed by atoms with Crippen molar-refractivity contribution in [2.75, 3.05) is 0 Å². The van der Waals surface area contributed by atoms with Crippen LogP contribution in [0.25, 0.3) is 0 Å². The number of hydrogen-bond acceptors (Lipinski definition) is 0. The molecule has 0 heterocycles. The lowest BCUT2D eigenvalue weighted by molar-refractivity contribution is 0.902. The van der Waals surface area contributed by atoms with Crippen molar-refractivity contribution in [2.24, 2.45) is 0 Å². The molecule has 0 aliphatic carbocycles. The van der Waals surface area contributed by atoms with E-state index in [2.05, 4.69) is 55.5 Å².